The molecule has 0 saturated heterocycles. The van der Waals surface area contributed by atoms with Crippen molar-refractivity contribution in [1.29, 1.82) is 0 Å². The number of methoxy groups -OCH3 is 1. The molecule has 1 aromatic carbocycles. The van der Waals surface area contributed by atoms with Crippen molar-refractivity contribution >= 4 is 17.0 Å². The monoisotopic (exact) mass is 235 g/mol. The summed E-state index contributed by atoms with van der Waals surface area (Å²) in [6, 6.07) is 8.78. The minimum absolute atomic E-state index is 0.120. The lowest BCUT2D eigenvalue weighted by molar-refractivity contribution is -0.383. The van der Waals surface area contributed by atoms with Crippen molar-refractivity contribution in [2.75, 3.05) is 7.11 Å². The minimum atomic E-state index is -0.377. The third-order valence-corrected chi connectivity index (χ3v) is 3.13. The summed E-state index contributed by atoms with van der Waals surface area (Å²) < 4.78 is 5.19. The Hall–Kier alpha value is -1.88. The van der Waals surface area contributed by atoms with Gasteiger partial charge in [-0.1, -0.05) is 12.1 Å². The van der Waals surface area contributed by atoms with Gasteiger partial charge in [0, 0.05) is 11.6 Å². The van der Waals surface area contributed by atoms with Crippen LogP contribution in [0.3, 0.4) is 0 Å². The first kappa shape index (κ1) is 10.6. The number of hydrogen-bond acceptors (Lipinski definition) is 4. The lowest BCUT2D eigenvalue weighted by atomic mass is 10.1. The molecule has 0 saturated carbocycles. The van der Waals surface area contributed by atoms with Crippen molar-refractivity contribution in [2.45, 2.75) is 0 Å². The summed E-state index contributed by atoms with van der Waals surface area (Å²) in [7, 11) is 1.55. The van der Waals surface area contributed by atoms with Gasteiger partial charge in [0.15, 0.2) is 0 Å². The van der Waals surface area contributed by atoms with E-state index in [-0.39, 0.29) is 10.6 Å². The molecular formula is C11H9NO3S. The molecule has 0 fully saturated rings. The Morgan fingerprint density at radius 1 is 1.31 bits per heavy atom. The summed E-state index contributed by atoms with van der Waals surface area (Å²) in [5.41, 5.74) is 0.876. The van der Waals surface area contributed by atoms with Crippen molar-refractivity contribution < 1.29 is 9.66 Å². The summed E-state index contributed by atoms with van der Waals surface area (Å²) in [5.74, 6) is 0.646. The first-order valence-electron chi connectivity index (χ1n) is 4.59. The van der Waals surface area contributed by atoms with Crippen LogP contribution < -0.4 is 4.74 Å². The first-order valence-corrected chi connectivity index (χ1v) is 5.47. The van der Waals surface area contributed by atoms with Crippen LogP contribution in [0.5, 0.6) is 5.75 Å². The zero-order valence-corrected chi connectivity index (χ0v) is 9.36. The molecule has 0 spiro atoms. The topological polar surface area (TPSA) is 52.4 Å². The maximum atomic E-state index is 10.8. The third-order valence-electron chi connectivity index (χ3n) is 2.19. The minimum Gasteiger partial charge on any atom is -0.496 e. The third kappa shape index (κ3) is 1.77. The Morgan fingerprint density at radius 3 is 2.75 bits per heavy atom. The summed E-state index contributed by atoms with van der Waals surface area (Å²) >= 11 is 1.34. The Bertz CT molecular complexity index is 521. The second-order valence-electron chi connectivity index (χ2n) is 3.09. The standard InChI is InChI=1S/C11H9NO3S/c1-15-10-5-3-2-4-8(10)11-9(12(13)14)6-7-16-11/h2-7H,1H3. The van der Waals surface area contributed by atoms with E-state index in [0.29, 0.717) is 10.6 Å². The second-order valence-corrected chi connectivity index (χ2v) is 4.01. The average Bonchev–Trinajstić information content (AvgIpc) is 2.77. The fraction of sp³-hybridized carbons (Fsp3) is 0.0909. The maximum Gasteiger partial charge on any atom is 0.288 e. The van der Waals surface area contributed by atoms with Crippen LogP contribution in [0.4, 0.5) is 5.69 Å². The Balaban J connectivity index is 2.58. The summed E-state index contributed by atoms with van der Waals surface area (Å²) in [6.07, 6.45) is 0. The maximum absolute atomic E-state index is 10.8. The average molecular weight is 235 g/mol. The second kappa shape index (κ2) is 4.32. The number of para-hydroxylation sites is 1. The molecule has 1 aromatic heterocycles. The van der Waals surface area contributed by atoms with E-state index in [1.165, 1.54) is 17.4 Å². The van der Waals surface area contributed by atoms with Gasteiger partial charge in [-0.05, 0) is 17.5 Å². The molecule has 1 heterocycles. The van der Waals surface area contributed by atoms with Gasteiger partial charge in [-0.2, -0.15) is 0 Å². The molecule has 0 radical (unpaired) electrons. The zero-order valence-electron chi connectivity index (χ0n) is 8.54. The molecule has 2 rings (SSSR count). The molecule has 0 unspecified atom stereocenters. The van der Waals surface area contributed by atoms with Gasteiger partial charge in [0.2, 0.25) is 0 Å². The molecule has 16 heavy (non-hydrogen) atoms. The van der Waals surface area contributed by atoms with Crippen LogP contribution in [0, 0.1) is 10.1 Å². The molecule has 4 nitrogen and oxygen atoms in total. The van der Waals surface area contributed by atoms with Gasteiger partial charge in [-0.25, -0.2) is 0 Å². The number of rotatable bonds is 3. The fourth-order valence-electron chi connectivity index (χ4n) is 1.48. The van der Waals surface area contributed by atoms with Gasteiger partial charge < -0.3 is 4.74 Å². The van der Waals surface area contributed by atoms with E-state index in [0.717, 1.165) is 5.56 Å². The molecule has 0 aliphatic carbocycles. The number of benzene rings is 1. The Labute approximate surface area is 96.3 Å². The van der Waals surface area contributed by atoms with Crippen LogP contribution in [0.2, 0.25) is 0 Å². The van der Waals surface area contributed by atoms with E-state index in [9.17, 15) is 10.1 Å². The Morgan fingerprint density at radius 2 is 2.06 bits per heavy atom. The highest BCUT2D eigenvalue weighted by atomic mass is 32.1. The SMILES string of the molecule is COc1ccccc1-c1sccc1[N+](=O)[O-]. The van der Waals surface area contributed by atoms with Gasteiger partial charge in [-0.3, -0.25) is 10.1 Å². The molecule has 2 aromatic rings. The van der Waals surface area contributed by atoms with Crippen molar-refractivity contribution in [1.82, 2.24) is 0 Å². The highest BCUT2D eigenvalue weighted by Gasteiger charge is 2.19. The molecule has 0 aliphatic rings. The quantitative estimate of drug-likeness (QED) is 0.605. The summed E-state index contributed by atoms with van der Waals surface area (Å²) in [6.45, 7) is 0. The van der Waals surface area contributed by atoms with Crippen LogP contribution in [-0.2, 0) is 0 Å². The molecule has 82 valence electrons. The molecule has 5 heteroatoms. The molecular weight excluding hydrogens is 226 g/mol. The molecule has 0 N–H and O–H groups in total. The van der Waals surface area contributed by atoms with Crippen LogP contribution in [0.15, 0.2) is 35.7 Å². The van der Waals surface area contributed by atoms with Crippen molar-refractivity contribution in [3.8, 4) is 16.2 Å². The van der Waals surface area contributed by atoms with Gasteiger partial charge in [0.05, 0.1) is 12.0 Å². The number of ether oxygens (including phenoxy) is 1. The number of nitrogens with zero attached hydrogens (tertiary/aromatic N) is 1. The summed E-state index contributed by atoms with van der Waals surface area (Å²) in [4.78, 5) is 11.1. The smallest absolute Gasteiger partial charge is 0.288 e. The number of thiophene rings is 1. The van der Waals surface area contributed by atoms with Crippen LogP contribution >= 0.6 is 11.3 Å². The van der Waals surface area contributed by atoms with Gasteiger partial charge in [0.25, 0.3) is 5.69 Å². The molecule has 0 amide bonds. The van der Waals surface area contributed by atoms with Crippen molar-refractivity contribution in [3.05, 3.63) is 45.8 Å². The molecule has 0 bridgehead atoms. The van der Waals surface area contributed by atoms with Crippen LogP contribution in [-0.4, -0.2) is 12.0 Å². The van der Waals surface area contributed by atoms with Crippen molar-refractivity contribution in [2.24, 2.45) is 0 Å². The van der Waals surface area contributed by atoms with E-state index in [2.05, 4.69) is 0 Å². The fourth-order valence-corrected chi connectivity index (χ4v) is 2.37. The van der Waals surface area contributed by atoms with E-state index in [1.807, 2.05) is 18.2 Å². The van der Waals surface area contributed by atoms with Crippen LogP contribution in [0.25, 0.3) is 10.4 Å². The molecule has 0 aliphatic heterocycles. The lowest BCUT2D eigenvalue weighted by Gasteiger charge is -2.05. The normalized spacial score (nSPS) is 10.1. The largest absolute Gasteiger partial charge is 0.496 e. The highest BCUT2D eigenvalue weighted by Crippen LogP contribution is 2.39. The Kier molecular flexibility index (Phi) is 2.87. The number of hydrogen-bond donors (Lipinski definition) is 0. The predicted octanol–water partition coefficient (Wildman–Crippen LogP) is 3.33. The van der Waals surface area contributed by atoms with E-state index < -0.39 is 0 Å². The lowest BCUT2D eigenvalue weighted by Crippen LogP contribution is -1.90. The first-order chi connectivity index (χ1) is 7.74. The van der Waals surface area contributed by atoms with Gasteiger partial charge >= 0.3 is 0 Å². The molecule has 0 atom stereocenters. The van der Waals surface area contributed by atoms with Crippen LogP contribution in [0.1, 0.15) is 0 Å². The van der Waals surface area contributed by atoms with E-state index in [4.69, 9.17) is 4.74 Å². The highest BCUT2D eigenvalue weighted by molar-refractivity contribution is 7.14. The summed E-state index contributed by atoms with van der Waals surface area (Å²) in [5, 5.41) is 12.5. The van der Waals surface area contributed by atoms with E-state index >= 15 is 0 Å². The van der Waals surface area contributed by atoms with Gasteiger partial charge in [0.1, 0.15) is 10.6 Å². The van der Waals surface area contributed by atoms with Gasteiger partial charge in [-0.15, -0.1) is 11.3 Å². The zero-order chi connectivity index (χ0) is 11.5. The van der Waals surface area contributed by atoms with Crippen molar-refractivity contribution in [3.63, 3.8) is 0 Å². The number of nitro groups is 1. The van der Waals surface area contributed by atoms with E-state index in [1.54, 1.807) is 18.6 Å². The predicted molar refractivity (Wildman–Crippen MR) is 63.0 cm³/mol.